The zero-order valence-electron chi connectivity index (χ0n) is 58.1. The van der Waals surface area contributed by atoms with Crippen LogP contribution in [0.3, 0.4) is 0 Å². The molecule has 3 aromatic rings. The first kappa shape index (κ1) is 79.3. The summed E-state index contributed by atoms with van der Waals surface area (Å²) in [5.74, 6) is -7.39. The molecule has 4 fully saturated rings. The van der Waals surface area contributed by atoms with E-state index in [2.05, 4.69) is 37.2 Å². The number of aliphatic hydroxyl groups excluding tert-OH is 1. The molecule has 6 aliphatic rings. The second-order valence-electron chi connectivity index (χ2n) is 27.0. The third-order valence-electron chi connectivity index (χ3n) is 19.6. The predicted molar refractivity (Wildman–Crippen MR) is 371 cm³/mol. The van der Waals surface area contributed by atoms with Crippen molar-refractivity contribution in [2.75, 3.05) is 38.0 Å². The van der Waals surface area contributed by atoms with Gasteiger partial charge in [-0.15, -0.1) is 0 Å². The van der Waals surface area contributed by atoms with Crippen LogP contribution < -0.4 is 53.6 Å². The number of hydrogen-bond acceptors (Lipinski definition) is 22. The third-order valence-corrected chi connectivity index (χ3v) is 19.8. The fourth-order valence-corrected chi connectivity index (χ4v) is 14.5. The van der Waals surface area contributed by atoms with E-state index < -0.39 is 188 Å². The Hall–Kier alpha value is -10.8. The number of anilines is 1. The van der Waals surface area contributed by atoms with E-state index in [0.717, 1.165) is 9.80 Å². The molecule has 572 valence electrons. The van der Waals surface area contributed by atoms with E-state index in [-0.39, 0.29) is 104 Å². The van der Waals surface area contributed by atoms with E-state index >= 15 is 0 Å². The van der Waals surface area contributed by atoms with Crippen LogP contribution in [-0.4, -0.2) is 238 Å². The number of carbonyl (C=O) groups is 14. The Labute approximate surface area is 611 Å². The van der Waals surface area contributed by atoms with Crippen molar-refractivity contribution < 1.29 is 112 Å². The number of phenolic OH excluding ortho intramolecular Hbond substituents is 2. The maximum absolute atomic E-state index is 14.6. The van der Waals surface area contributed by atoms with Gasteiger partial charge in [-0.25, -0.2) is 10.7 Å². The van der Waals surface area contributed by atoms with Gasteiger partial charge in [-0.1, -0.05) is 0 Å². The molecular formula is C69H87N13O23S. The van der Waals surface area contributed by atoms with E-state index in [1.54, 1.807) is 30.3 Å². The monoisotopic (exact) mass is 1500 g/mol. The number of esters is 1. The Kier molecular flexibility index (Phi) is 26.1. The standard InChI is InChI=1S/C69H87N13O23S/c1-34(64(99)81-26-6-4-9-49(81)66(101)82-33-39(105-71)32-50(82)62(97)76-45(20-23-55(89)90)59(94)75-44(58(70)93)19-22-54(87)88)73-63(98)57(35(2)83)78-61(96)48-11-8-28-80(48)65(100)46(21-24-56(91)92)77-60(95)47-10-7-27-79(47)53(86)12-3-5-25-72-68(106)74-36-13-16-40-43(29-36)69(104-67(40)102)41-17-14-37(84)30-51(41)103-52-31-38(85)15-18-42(52)69/h13-18,29-31,34-35,39,44-50,57,83-85H,3-12,19-28,32-33,71H2,1-2H3,(H2,70,93)(H,73,98)(H,75,94)(H,76,97)(H,77,95)(H,78,96)(H,87,88)(H,89,90)(H,91,92)(H2,72,74,106)/t34-,35+,39+,44-,45-,46-,47-,48-,49-,50-,57-/m0/s1. The summed E-state index contributed by atoms with van der Waals surface area (Å²) >= 11 is 5.62. The zero-order valence-corrected chi connectivity index (χ0v) is 58.9. The van der Waals surface area contributed by atoms with E-state index in [1.165, 1.54) is 47.9 Å². The van der Waals surface area contributed by atoms with Gasteiger partial charge in [0.1, 0.15) is 77.4 Å². The highest BCUT2D eigenvalue weighted by atomic mass is 32.1. The maximum Gasteiger partial charge on any atom is 0.340 e. The molecular weight excluding hydrogens is 1410 g/mol. The van der Waals surface area contributed by atoms with Crippen molar-refractivity contribution in [3.8, 4) is 23.0 Å². The number of nitrogens with zero attached hydrogens (tertiary/aromatic N) is 4. The number of aliphatic hydroxyl groups is 1. The number of primary amides is 1. The van der Waals surface area contributed by atoms with Crippen molar-refractivity contribution in [1.82, 2.24) is 51.5 Å². The molecule has 11 atom stereocenters. The minimum Gasteiger partial charge on any atom is -0.508 e. The number of nitrogens with two attached hydrogens (primary N) is 2. The molecule has 10 amide bonds. The number of unbranched alkanes of at least 4 members (excludes halogenated alkanes) is 1. The SMILES string of the molecule is C[C@H](NC(=O)[C@@H](NC(=O)[C@@H]1CCCN1C(=O)[C@H](CCC(=O)O)NC(=O)[C@@H]1CCCN1C(=O)CCCCNC(=S)Nc1ccc2c(c1)C1(OC2=O)c2ccc(O)cc2Oc2cc(O)ccc21)[C@@H](C)O)C(=O)N1CCCC[C@H]1C(=O)N1C[C@H](ON)C[C@H]1C(=O)N[C@@H](CCC(=O)O)C(=O)N[C@@H](CCC(=O)O)C(N)=O. The molecule has 36 nitrogen and oxygen atoms in total. The minimum atomic E-state index is -1.75. The van der Waals surface area contributed by atoms with Crippen molar-refractivity contribution in [3.63, 3.8) is 0 Å². The molecule has 0 aromatic heterocycles. The summed E-state index contributed by atoms with van der Waals surface area (Å²) in [7, 11) is 0. The van der Waals surface area contributed by atoms with Gasteiger partial charge < -0.3 is 103 Å². The van der Waals surface area contributed by atoms with E-state index in [9.17, 15) is 92.7 Å². The van der Waals surface area contributed by atoms with Crippen LogP contribution in [0.5, 0.6) is 23.0 Å². The summed E-state index contributed by atoms with van der Waals surface area (Å²) < 4.78 is 12.2. The van der Waals surface area contributed by atoms with Crippen molar-refractivity contribution in [2.45, 2.75) is 195 Å². The summed E-state index contributed by atoms with van der Waals surface area (Å²) in [5, 5.41) is 78.6. The topological polar surface area (TPSA) is 537 Å². The Morgan fingerprint density at radius 2 is 1.17 bits per heavy atom. The number of thiocarbonyl (C=S) groups is 1. The largest absolute Gasteiger partial charge is 0.508 e. The molecule has 37 heteroatoms. The van der Waals surface area contributed by atoms with Crippen LogP contribution in [-0.2, 0) is 77.5 Å². The number of aliphatic carboxylic acids is 3. The van der Waals surface area contributed by atoms with Gasteiger partial charge in [0.05, 0.1) is 17.8 Å². The molecule has 0 radical (unpaired) electrons. The number of carboxylic acids is 3. The third kappa shape index (κ3) is 18.5. The van der Waals surface area contributed by atoms with Gasteiger partial charge in [0.15, 0.2) is 10.7 Å². The number of benzene rings is 3. The molecule has 1 spiro atoms. The van der Waals surface area contributed by atoms with E-state index in [1.807, 2.05) is 0 Å². The number of amides is 10. The fraction of sp³-hybridized carbons (Fsp3) is 0.522. The van der Waals surface area contributed by atoms with Crippen molar-refractivity contribution in [1.29, 1.82) is 0 Å². The highest BCUT2D eigenvalue weighted by Crippen LogP contribution is 2.57. The number of likely N-dealkylation sites (tertiary alicyclic amines) is 4. The molecule has 4 saturated heterocycles. The Morgan fingerprint density at radius 3 is 1.78 bits per heavy atom. The van der Waals surface area contributed by atoms with Crippen molar-refractivity contribution in [2.24, 2.45) is 11.6 Å². The number of nitrogens with one attached hydrogen (secondary N) is 7. The van der Waals surface area contributed by atoms with Crippen LogP contribution in [0, 0.1) is 0 Å². The number of phenols is 2. The lowest BCUT2D eigenvalue weighted by Crippen LogP contribution is -2.62. The average molecular weight is 1500 g/mol. The molecule has 0 unspecified atom stereocenters. The van der Waals surface area contributed by atoms with Gasteiger partial charge in [0, 0.05) is 99.3 Å². The smallest absolute Gasteiger partial charge is 0.340 e. The lowest BCUT2D eigenvalue weighted by atomic mass is 9.77. The van der Waals surface area contributed by atoms with Crippen LogP contribution in [0.15, 0.2) is 54.6 Å². The number of rotatable bonds is 31. The van der Waals surface area contributed by atoms with Crippen molar-refractivity contribution >= 4 is 106 Å². The molecule has 106 heavy (non-hydrogen) atoms. The van der Waals surface area contributed by atoms with Gasteiger partial charge >= 0.3 is 23.9 Å². The minimum absolute atomic E-state index is 0.0133. The highest BCUT2D eigenvalue weighted by Gasteiger charge is 2.54. The molecule has 3 aromatic carbocycles. The first-order valence-corrected chi connectivity index (χ1v) is 35.3. The first-order chi connectivity index (χ1) is 50.4. The second kappa shape index (κ2) is 34.9. The molecule has 6 heterocycles. The number of aromatic hydroxyl groups is 2. The number of ether oxygens (including phenoxy) is 2. The lowest BCUT2D eigenvalue weighted by molar-refractivity contribution is -0.151. The molecule has 6 aliphatic heterocycles. The molecule has 0 saturated carbocycles. The predicted octanol–water partition coefficient (Wildman–Crippen LogP) is -0.750. The molecule has 0 bridgehead atoms. The Balaban J connectivity index is 0.767. The van der Waals surface area contributed by atoms with Gasteiger partial charge in [0.2, 0.25) is 59.1 Å². The number of carboxylic acid groups (broad SMARTS) is 3. The number of hydrogen-bond donors (Lipinski definition) is 15. The van der Waals surface area contributed by atoms with E-state index in [0.29, 0.717) is 61.0 Å². The summed E-state index contributed by atoms with van der Waals surface area (Å²) in [4.78, 5) is 197. The highest BCUT2D eigenvalue weighted by molar-refractivity contribution is 7.80. The Morgan fingerprint density at radius 1 is 0.613 bits per heavy atom. The van der Waals surface area contributed by atoms with Gasteiger partial charge in [-0.05, 0) is 146 Å². The lowest BCUT2D eigenvalue weighted by Gasteiger charge is -2.39. The normalized spacial score (nSPS) is 20.6. The molecule has 9 rings (SSSR count). The van der Waals surface area contributed by atoms with Crippen LogP contribution >= 0.6 is 12.2 Å². The summed E-state index contributed by atoms with van der Waals surface area (Å²) in [5.41, 5.74) is 5.95. The Bertz CT molecular complexity index is 3900. The van der Waals surface area contributed by atoms with Crippen LogP contribution in [0.4, 0.5) is 5.69 Å². The van der Waals surface area contributed by atoms with Gasteiger partial charge in [-0.3, -0.25) is 67.2 Å². The van der Waals surface area contributed by atoms with Crippen molar-refractivity contribution in [3.05, 3.63) is 76.9 Å². The second-order valence-corrected chi connectivity index (χ2v) is 27.4. The van der Waals surface area contributed by atoms with Crippen LogP contribution in [0.25, 0.3) is 0 Å². The van der Waals surface area contributed by atoms with Crippen LogP contribution in [0.2, 0.25) is 0 Å². The summed E-state index contributed by atoms with van der Waals surface area (Å²) in [6, 6.07) is 0.952. The molecule has 0 aliphatic carbocycles. The average Bonchev–Trinajstić information content (AvgIpc) is 1.49. The van der Waals surface area contributed by atoms with Gasteiger partial charge in [-0.2, -0.15) is 0 Å². The maximum atomic E-state index is 14.6. The summed E-state index contributed by atoms with van der Waals surface area (Å²) in [6.07, 6.45) is -3.30. The number of fused-ring (bicyclic) bond motifs is 6. The number of carbonyl (C=O) groups excluding carboxylic acids is 11. The van der Waals surface area contributed by atoms with E-state index in [4.69, 9.17) is 43.3 Å². The zero-order chi connectivity index (χ0) is 77.0. The first-order valence-electron chi connectivity index (χ1n) is 34.9. The quantitative estimate of drug-likeness (QED) is 0.0163. The number of piperidine rings is 1. The molecule has 17 N–H and O–H groups in total. The fourth-order valence-electron chi connectivity index (χ4n) is 14.3. The van der Waals surface area contributed by atoms with Crippen LogP contribution in [0.1, 0.15) is 150 Å². The summed E-state index contributed by atoms with van der Waals surface area (Å²) in [6.45, 7) is 2.67. The van der Waals surface area contributed by atoms with Gasteiger partial charge in [0.25, 0.3) is 0 Å².